The zero-order valence-electron chi connectivity index (χ0n) is 16.2. The fourth-order valence-electron chi connectivity index (χ4n) is 3.22. The van der Waals surface area contributed by atoms with Gasteiger partial charge in [-0.3, -0.25) is 9.59 Å². The molecule has 0 saturated carbocycles. The first-order valence-corrected chi connectivity index (χ1v) is 11.0. The number of para-hydroxylation sites is 2. The molecule has 1 unspecified atom stereocenters. The minimum Gasteiger partial charge on any atom is -0.477 e. The van der Waals surface area contributed by atoms with E-state index < -0.39 is 6.10 Å². The molecule has 0 aliphatic carbocycles. The minimum absolute atomic E-state index is 0.109. The number of nitrogens with zero attached hydrogens (tertiary/aromatic N) is 2. The van der Waals surface area contributed by atoms with Crippen LogP contribution in [0.5, 0.6) is 5.75 Å². The largest absolute Gasteiger partial charge is 0.477 e. The number of benzene rings is 1. The summed E-state index contributed by atoms with van der Waals surface area (Å²) >= 11 is 3.33. The molecule has 1 atom stereocenters. The highest BCUT2D eigenvalue weighted by molar-refractivity contribution is 7.16. The summed E-state index contributed by atoms with van der Waals surface area (Å²) in [5.74, 6) is 0.232. The van der Waals surface area contributed by atoms with Crippen molar-refractivity contribution in [2.45, 2.75) is 26.4 Å². The molecule has 4 rings (SSSR count). The highest BCUT2D eigenvalue weighted by atomic mass is 32.1. The number of carbonyl (C=O) groups is 2. The number of nitrogens with one attached hydrogen (secondary N) is 1. The molecule has 1 aliphatic rings. The first-order valence-electron chi connectivity index (χ1n) is 9.34. The molecule has 0 saturated heterocycles. The van der Waals surface area contributed by atoms with Crippen LogP contribution in [-0.2, 0) is 16.0 Å². The van der Waals surface area contributed by atoms with Crippen molar-refractivity contribution in [2.24, 2.45) is 0 Å². The second kappa shape index (κ2) is 8.34. The van der Waals surface area contributed by atoms with Gasteiger partial charge >= 0.3 is 0 Å². The average molecular weight is 428 g/mol. The number of aryl methyl sites for hydroxylation is 1. The molecule has 1 N–H and O–H groups in total. The second-order valence-corrected chi connectivity index (χ2v) is 8.99. The quantitative estimate of drug-likeness (QED) is 0.675. The van der Waals surface area contributed by atoms with Gasteiger partial charge in [-0.1, -0.05) is 12.1 Å². The van der Waals surface area contributed by atoms with Crippen LogP contribution in [0.4, 0.5) is 5.69 Å². The Morgan fingerprint density at radius 3 is 2.86 bits per heavy atom. The third-order valence-corrected chi connectivity index (χ3v) is 6.59. The number of aromatic nitrogens is 1. The lowest BCUT2D eigenvalue weighted by atomic mass is 10.1. The van der Waals surface area contributed by atoms with Crippen LogP contribution in [0.1, 0.15) is 16.8 Å². The molecule has 1 aliphatic heterocycles. The molecule has 3 aromatic rings. The summed E-state index contributed by atoms with van der Waals surface area (Å²) in [6.07, 6.45) is 0.0184. The predicted octanol–water partition coefficient (Wildman–Crippen LogP) is 3.65. The number of rotatable bonds is 5. The van der Waals surface area contributed by atoms with Gasteiger partial charge in [0.25, 0.3) is 5.91 Å². The fraction of sp³-hybridized carbons (Fsp3) is 0.286. The lowest BCUT2D eigenvalue weighted by molar-refractivity contribution is -0.128. The van der Waals surface area contributed by atoms with Crippen LogP contribution in [0, 0.1) is 6.92 Å². The molecule has 0 spiro atoms. The summed E-state index contributed by atoms with van der Waals surface area (Å²) < 4.78 is 5.83. The van der Waals surface area contributed by atoms with E-state index in [1.54, 1.807) is 33.6 Å². The van der Waals surface area contributed by atoms with Gasteiger partial charge in [-0.15, -0.1) is 22.7 Å². The van der Waals surface area contributed by atoms with Crippen molar-refractivity contribution < 1.29 is 14.3 Å². The smallest absolute Gasteiger partial charge is 0.262 e. The predicted molar refractivity (Wildman–Crippen MR) is 116 cm³/mol. The number of hydrogen-bond donors (Lipinski definition) is 1. The summed E-state index contributed by atoms with van der Waals surface area (Å²) in [6, 6.07) is 11.4. The average Bonchev–Trinajstić information content (AvgIpc) is 3.35. The maximum absolute atomic E-state index is 12.6. The summed E-state index contributed by atoms with van der Waals surface area (Å²) in [7, 11) is 0. The van der Waals surface area contributed by atoms with E-state index in [1.165, 1.54) is 11.8 Å². The van der Waals surface area contributed by atoms with Gasteiger partial charge in [0.05, 0.1) is 27.8 Å². The monoisotopic (exact) mass is 427 g/mol. The Hall–Kier alpha value is -2.71. The zero-order valence-corrected chi connectivity index (χ0v) is 17.8. The lowest BCUT2D eigenvalue weighted by Gasteiger charge is -2.33. The summed E-state index contributed by atoms with van der Waals surface area (Å²) in [5, 5.41) is 6.05. The van der Waals surface area contributed by atoms with Crippen molar-refractivity contribution in [3.05, 3.63) is 51.7 Å². The number of thiazole rings is 1. The van der Waals surface area contributed by atoms with E-state index in [0.29, 0.717) is 18.0 Å². The Morgan fingerprint density at radius 1 is 1.28 bits per heavy atom. The van der Waals surface area contributed by atoms with Crippen molar-refractivity contribution in [1.82, 2.24) is 10.3 Å². The molecular weight excluding hydrogens is 406 g/mol. The number of amides is 2. The van der Waals surface area contributed by atoms with E-state index in [1.807, 2.05) is 25.1 Å². The lowest BCUT2D eigenvalue weighted by Crippen LogP contribution is -2.50. The molecule has 2 amide bonds. The van der Waals surface area contributed by atoms with E-state index in [2.05, 4.69) is 27.8 Å². The van der Waals surface area contributed by atoms with Crippen LogP contribution in [0.15, 0.2) is 41.8 Å². The third kappa shape index (κ3) is 4.33. The van der Waals surface area contributed by atoms with Crippen LogP contribution < -0.4 is 15.0 Å². The van der Waals surface area contributed by atoms with Gasteiger partial charge in [0, 0.05) is 23.7 Å². The minimum atomic E-state index is -0.717. The summed E-state index contributed by atoms with van der Waals surface area (Å²) in [6.45, 7) is 4.22. The van der Waals surface area contributed by atoms with E-state index in [4.69, 9.17) is 4.74 Å². The number of ether oxygens (including phenoxy) is 1. The third-order valence-electron chi connectivity index (χ3n) is 4.65. The van der Waals surface area contributed by atoms with Crippen LogP contribution in [0.25, 0.3) is 10.6 Å². The van der Waals surface area contributed by atoms with E-state index in [0.717, 1.165) is 22.0 Å². The Kier molecular flexibility index (Phi) is 5.64. The molecule has 1 aromatic carbocycles. The maximum Gasteiger partial charge on any atom is 0.262 e. The van der Waals surface area contributed by atoms with Crippen molar-refractivity contribution >= 4 is 40.2 Å². The molecule has 0 radical (unpaired) electrons. The van der Waals surface area contributed by atoms with Gasteiger partial charge in [-0.05, 0) is 37.6 Å². The van der Waals surface area contributed by atoms with Crippen LogP contribution >= 0.6 is 22.7 Å². The SMILES string of the molecule is CC(=O)N1CC(C(=O)NCCc2ccc(-c3csc(C)n3)s2)Oc2ccccc21. The van der Waals surface area contributed by atoms with Gasteiger partial charge < -0.3 is 15.0 Å². The highest BCUT2D eigenvalue weighted by Gasteiger charge is 2.32. The molecule has 0 bridgehead atoms. The summed E-state index contributed by atoms with van der Waals surface area (Å²) in [4.78, 5) is 33.0. The fourth-order valence-corrected chi connectivity index (χ4v) is 4.87. The van der Waals surface area contributed by atoms with Crippen molar-refractivity contribution in [2.75, 3.05) is 18.0 Å². The van der Waals surface area contributed by atoms with Gasteiger partial charge in [-0.2, -0.15) is 0 Å². The maximum atomic E-state index is 12.6. The van der Waals surface area contributed by atoms with E-state index in [9.17, 15) is 9.59 Å². The Labute approximate surface area is 177 Å². The number of fused-ring (bicyclic) bond motifs is 1. The van der Waals surface area contributed by atoms with Crippen LogP contribution in [-0.4, -0.2) is 36.0 Å². The van der Waals surface area contributed by atoms with Gasteiger partial charge in [0.15, 0.2) is 6.10 Å². The molecular formula is C21H21N3O3S2. The molecule has 3 heterocycles. The van der Waals surface area contributed by atoms with Gasteiger partial charge in [-0.25, -0.2) is 4.98 Å². The standard InChI is InChI=1S/C21H21N3O3S2/c1-13-23-16(12-28-13)20-8-7-15(29-20)9-10-22-21(26)19-11-24(14(2)25)17-5-3-4-6-18(17)27-19/h3-8,12,19H,9-11H2,1-2H3,(H,22,26). The molecule has 150 valence electrons. The normalized spacial score (nSPS) is 15.5. The topological polar surface area (TPSA) is 71.5 Å². The highest BCUT2D eigenvalue weighted by Crippen LogP contribution is 2.33. The van der Waals surface area contributed by atoms with Gasteiger partial charge in [0.1, 0.15) is 5.75 Å². The van der Waals surface area contributed by atoms with Crippen LogP contribution in [0.2, 0.25) is 0 Å². The Morgan fingerprint density at radius 2 is 2.10 bits per heavy atom. The zero-order chi connectivity index (χ0) is 20.4. The van der Waals surface area contributed by atoms with Gasteiger partial charge in [0.2, 0.25) is 5.91 Å². The molecule has 8 heteroatoms. The first-order chi connectivity index (χ1) is 14.0. The van der Waals surface area contributed by atoms with E-state index >= 15 is 0 Å². The van der Waals surface area contributed by atoms with E-state index in [-0.39, 0.29) is 18.4 Å². The number of carbonyl (C=O) groups excluding carboxylic acids is 2. The number of thiophene rings is 1. The second-order valence-electron chi connectivity index (χ2n) is 6.76. The van der Waals surface area contributed by atoms with Crippen LogP contribution in [0.3, 0.4) is 0 Å². The molecule has 29 heavy (non-hydrogen) atoms. The molecule has 2 aromatic heterocycles. The first kappa shape index (κ1) is 19.6. The number of hydrogen-bond acceptors (Lipinski definition) is 6. The molecule has 0 fully saturated rings. The molecule has 6 nitrogen and oxygen atoms in total. The van der Waals surface area contributed by atoms with Crippen molar-refractivity contribution in [1.29, 1.82) is 0 Å². The number of anilines is 1. The summed E-state index contributed by atoms with van der Waals surface area (Å²) in [5.41, 5.74) is 1.71. The van der Waals surface area contributed by atoms with Crippen molar-refractivity contribution in [3.8, 4) is 16.3 Å². The Bertz CT molecular complexity index is 1040. The Balaban J connectivity index is 1.34. The van der Waals surface area contributed by atoms with Crippen molar-refractivity contribution in [3.63, 3.8) is 0 Å².